The van der Waals surface area contributed by atoms with E-state index in [0.717, 1.165) is 17.0 Å². The molecule has 2 heterocycles. The number of rotatable bonds is 4. The zero-order valence-electron chi connectivity index (χ0n) is 11.7. The number of carbonyl (C=O) groups excluding carboxylic acids is 1. The van der Waals surface area contributed by atoms with Gasteiger partial charge in [0.05, 0.1) is 18.4 Å². The van der Waals surface area contributed by atoms with Gasteiger partial charge >= 0.3 is 0 Å². The van der Waals surface area contributed by atoms with E-state index in [2.05, 4.69) is 10.4 Å². The molecule has 2 aromatic rings. The number of hydrogen-bond acceptors (Lipinski definition) is 4. The monoisotopic (exact) mass is 337 g/mol. The third kappa shape index (κ3) is 2.69. The van der Waals surface area contributed by atoms with E-state index in [1.54, 1.807) is 0 Å². The van der Waals surface area contributed by atoms with E-state index in [1.165, 1.54) is 10.9 Å². The van der Waals surface area contributed by atoms with E-state index < -0.39 is 10.7 Å². The summed E-state index contributed by atoms with van der Waals surface area (Å²) in [5.41, 5.74) is 1.51. The minimum atomic E-state index is -0.578. The Balaban J connectivity index is 1.92. The minimum absolute atomic E-state index is 0.295. The van der Waals surface area contributed by atoms with Crippen LogP contribution in [0.3, 0.4) is 0 Å². The van der Waals surface area contributed by atoms with Crippen molar-refractivity contribution in [3.8, 4) is 5.75 Å². The molecule has 1 aliphatic heterocycles. The molecule has 114 valence electrons. The molecule has 1 aliphatic rings. The van der Waals surface area contributed by atoms with Gasteiger partial charge in [0.15, 0.2) is 0 Å². The van der Waals surface area contributed by atoms with Crippen LogP contribution in [0, 0.1) is 0 Å². The number of nitrogens with one attached hydrogen (secondary N) is 1. The van der Waals surface area contributed by atoms with E-state index in [1.807, 2.05) is 37.3 Å². The van der Waals surface area contributed by atoms with Crippen LogP contribution in [0.2, 0.25) is 0 Å². The summed E-state index contributed by atoms with van der Waals surface area (Å²) in [7, 11) is 0. The highest BCUT2D eigenvalue weighted by atomic mass is 35.5. The average Bonchev–Trinajstić information content (AvgIpc) is 2.93. The third-order valence-corrected chi connectivity index (χ3v) is 3.79. The molecule has 1 aromatic heterocycles. The Morgan fingerprint density at radius 3 is 2.77 bits per heavy atom. The summed E-state index contributed by atoms with van der Waals surface area (Å²) in [4.78, 5) is 11.4. The maximum atomic E-state index is 11.4. The van der Waals surface area contributed by atoms with Crippen LogP contribution in [-0.4, -0.2) is 21.6 Å². The van der Waals surface area contributed by atoms with Crippen LogP contribution in [0.25, 0.3) is 5.70 Å². The highest BCUT2D eigenvalue weighted by molar-refractivity contribution is 6.68. The number of aromatic nitrogens is 2. The fraction of sp³-hybridized carbons (Fsp3) is 0.200. The maximum Gasteiger partial charge on any atom is 0.257 e. The van der Waals surface area contributed by atoms with E-state index >= 15 is 0 Å². The van der Waals surface area contributed by atoms with E-state index in [-0.39, 0.29) is 0 Å². The quantitative estimate of drug-likeness (QED) is 0.679. The van der Waals surface area contributed by atoms with Crippen molar-refractivity contribution in [2.75, 3.05) is 11.9 Å². The van der Waals surface area contributed by atoms with Crippen molar-refractivity contribution < 1.29 is 9.53 Å². The Hall–Kier alpha value is -1.98. The van der Waals surface area contributed by atoms with Crippen LogP contribution in [0.1, 0.15) is 28.3 Å². The molecule has 7 heteroatoms. The molecule has 1 aromatic carbocycles. The molecular formula is C15H13Cl2N3O2. The zero-order valence-corrected chi connectivity index (χ0v) is 13.2. The summed E-state index contributed by atoms with van der Waals surface area (Å²) in [6.45, 7) is 2.55. The van der Waals surface area contributed by atoms with Gasteiger partial charge in [-0.1, -0.05) is 11.6 Å². The number of halogens is 2. The van der Waals surface area contributed by atoms with Gasteiger partial charge in [0.2, 0.25) is 0 Å². The van der Waals surface area contributed by atoms with Crippen molar-refractivity contribution in [2.24, 2.45) is 0 Å². The van der Waals surface area contributed by atoms with E-state index in [0.29, 0.717) is 18.0 Å². The molecule has 1 unspecified atom stereocenters. The molecule has 0 radical (unpaired) electrons. The molecule has 0 amide bonds. The first-order chi connectivity index (χ1) is 10.6. The molecule has 0 saturated heterocycles. The number of fused-ring (bicyclic) bond motifs is 1. The van der Waals surface area contributed by atoms with Gasteiger partial charge in [-0.3, -0.25) is 4.79 Å². The summed E-state index contributed by atoms with van der Waals surface area (Å²) in [5, 5.41) is 6.66. The topological polar surface area (TPSA) is 56.2 Å². The number of alkyl halides is 1. The molecule has 0 aliphatic carbocycles. The van der Waals surface area contributed by atoms with Crippen molar-refractivity contribution >= 4 is 40.0 Å². The first-order valence-electron chi connectivity index (χ1n) is 6.73. The smallest absolute Gasteiger partial charge is 0.257 e. The normalized spacial score (nSPS) is 16.5. The molecule has 0 fully saturated rings. The molecule has 5 nitrogen and oxygen atoms in total. The Morgan fingerprint density at radius 1 is 1.41 bits per heavy atom. The summed E-state index contributed by atoms with van der Waals surface area (Å²) in [6.07, 6.45) is 3.22. The van der Waals surface area contributed by atoms with Gasteiger partial charge in [0.1, 0.15) is 17.1 Å². The predicted molar refractivity (Wildman–Crippen MR) is 86.5 cm³/mol. The molecule has 0 saturated carbocycles. The fourth-order valence-corrected chi connectivity index (χ4v) is 2.67. The Labute approximate surface area is 137 Å². The number of ether oxygens (including phenoxy) is 1. The highest BCUT2D eigenvalue weighted by Gasteiger charge is 2.24. The Bertz CT molecular complexity index is 738. The van der Waals surface area contributed by atoms with Crippen LogP contribution in [-0.2, 0) is 0 Å². The van der Waals surface area contributed by atoms with Crippen LogP contribution >= 0.6 is 23.2 Å². The van der Waals surface area contributed by atoms with Crippen LogP contribution in [0.5, 0.6) is 5.75 Å². The van der Waals surface area contributed by atoms with Crippen molar-refractivity contribution in [2.45, 2.75) is 12.4 Å². The largest absolute Gasteiger partial charge is 0.494 e. The lowest BCUT2D eigenvalue weighted by atomic mass is 10.1. The van der Waals surface area contributed by atoms with Crippen molar-refractivity contribution in [1.82, 2.24) is 9.78 Å². The van der Waals surface area contributed by atoms with Gasteiger partial charge in [-0.2, -0.15) is 5.10 Å². The second kappa shape index (κ2) is 6.02. The third-order valence-electron chi connectivity index (χ3n) is 3.27. The van der Waals surface area contributed by atoms with Gasteiger partial charge in [-0.05, 0) is 54.4 Å². The zero-order chi connectivity index (χ0) is 15.7. The van der Waals surface area contributed by atoms with Crippen molar-refractivity contribution in [3.63, 3.8) is 0 Å². The van der Waals surface area contributed by atoms with Crippen molar-refractivity contribution in [3.05, 3.63) is 47.7 Å². The standard InChI is InChI=1S/C15H13Cl2N3O2/c1-2-22-10-5-3-9(4-6-10)12-7-13(16)20-15(19-12)11(8-18-20)14(17)21/h3-8,13,19H,2H2,1H3. The average molecular weight is 338 g/mol. The molecular weight excluding hydrogens is 325 g/mol. The van der Waals surface area contributed by atoms with Gasteiger partial charge in [-0.25, -0.2) is 4.68 Å². The minimum Gasteiger partial charge on any atom is -0.494 e. The molecule has 0 spiro atoms. The summed E-state index contributed by atoms with van der Waals surface area (Å²) in [6, 6.07) is 7.59. The van der Waals surface area contributed by atoms with E-state index in [9.17, 15) is 4.79 Å². The molecule has 0 bridgehead atoms. The number of anilines is 1. The highest BCUT2D eigenvalue weighted by Crippen LogP contribution is 2.34. The number of benzene rings is 1. The summed E-state index contributed by atoms with van der Waals surface area (Å²) >= 11 is 11.9. The predicted octanol–water partition coefficient (Wildman–Crippen LogP) is 3.86. The SMILES string of the molecule is CCOc1ccc(C2=CC(Cl)n3ncc(C(=O)Cl)c3N2)cc1. The number of hydrogen-bond donors (Lipinski definition) is 1. The lowest BCUT2D eigenvalue weighted by molar-refractivity contribution is 0.108. The van der Waals surface area contributed by atoms with Gasteiger partial charge < -0.3 is 10.1 Å². The van der Waals surface area contributed by atoms with Crippen LogP contribution < -0.4 is 10.1 Å². The second-order valence-electron chi connectivity index (χ2n) is 4.66. The summed E-state index contributed by atoms with van der Waals surface area (Å²) < 4.78 is 6.93. The van der Waals surface area contributed by atoms with Gasteiger partial charge in [0, 0.05) is 5.70 Å². The number of nitrogens with zero attached hydrogens (tertiary/aromatic N) is 2. The second-order valence-corrected chi connectivity index (χ2v) is 5.45. The maximum absolute atomic E-state index is 11.4. The van der Waals surface area contributed by atoms with Crippen molar-refractivity contribution in [1.29, 1.82) is 0 Å². The van der Waals surface area contributed by atoms with E-state index in [4.69, 9.17) is 27.9 Å². The lowest BCUT2D eigenvalue weighted by Gasteiger charge is -2.22. The first-order valence-corrected chi connectivity index (χ1v) is 7.55. The Morgan fingerprint density at radius 2 is 2.14 bits per heavy atom. The Kier molecular flexibility index (Phi) is 4.09. The van der Waals surface area contributed by atoms with Gasteiger partial charge in [-0.15, -0.1) is 0 Å². The number of carbonyl (C=O) groups is 1. The van der Waals surface area contributed by atoms with Gasteiger partial charge in [0.25, 0.3) is 5.24 Å². The first kappa shape index (κ1) is 14.9. The lowest BCUT2D eigenvalue weighted by Crippen LogP contribution is -2.16. The van der Waals surface area contributed by atoms with Crippen LogP contribution in [0.15, 0.2) is 36.5 Å². The molecule has 22 heavy (non-hydrogen) atoms. The molecule has 1 atom stereocenters. The molecule has 1 N–H and O–H groups in total. The van der Waals surface area contributed by atoms with Crippen LogP contribution in [0.4, 0.5) is 5.82 Å². The fourth-order valence-electron chi connectivity index (χ4n) is 2.26. The summed E-state index contributed by atoms with van der Waals surface area (Å²) in [5.74, 6) is 1.29. The number of allylic oxidation sites excluding steroid dienone is 1. The molecule has 3 rings (SSSR count).